The van der Waals surface area contributed by atoms with Gasteiger partial charge >= 0.3 is 0 Å². The van der Waals surface area contributed by atoms with Gasteiger partial charge in [-0.05, 0) is 24.8 Å². The van der Waals surface area contributed by atoms with Crippen LogP contribution in [-0.4, -0.2) is 6.29 Å². The number of aldehydes is 1. The van der Waals surface area contributed by atoms with Crippen LogP contribution in [-0.2, 0) is 11.2 Å². The quantitative estimate of drug-likeness (QED) is 0.713. The Morgan fingerprint density at radius 3 is 3.07 bits per heavy atom. The first-order valence-corrected chi connectivity index (χ1v) is 5.36. The molecule has 2 rings (SSSR count). The van der Waals surface area contributed by atoms with E-state index in [0.29, 0.717) is 10.6 Å². The molecule has 0 fully saturated rings. The SMILES string of the molecule is N#Cc1c(N)sc2c1C(C=O)CCC2. The number of thiophene rings is 1. The number of aryl methyl sites for hydroxylation is 1. The molecule has 0 saturated heterocycles. The second kappa shape index (κ2) is 3.43. The molecular formula is C10H10N2OS. The minimum absolute atomic E-state index is 0.109. The molecule has 1 unspecified atom stereocenters. The van der Waals surface area contributed by atoms with E-state index in [1.54, 1.807) is 0 Å². The molecule has 14 heavy (non-hydrogen) atoms. The van der Waals surface area contributed by atoms with Gasteiger partial charge in [0.15, 0.2) is 0 Å². The number of anilines is 1. The highest BCUT2D eigenvalue weighted by Crippen LogP contribution is 2.40. The fourth-order valence-electron chi connectivity index (χ4n) is 1.97. The van der Waals surface area contributed by atoms with Gasteiger partial charge in [-0.25, -0.2) is 0 Å². The van der Waals surface area contributed by atoms with Crippen molar-refractivity contribution in [2.45, 2.75) is 25.2 Å². The molecule has 72 valence electrons. The Morgan fingerprint density at radius 1 is 1.64 bits per heavy atom. The summed E-state index contributed by atoms with van der Waals surface area (Å²) < 4.78 is 0. The van der Waals surface area contributed by atoms with E-state index in [1.807, 2.05) is 0 Å². The fraction of sp³-hybridized carbons (Fsp3) is 0.400. The van der Waals surface area contributed by atoms with Gasteiger partial charge in [0, 0.05) is 10.8 Å². The van der Waals surface area contributed by atoms with Crippen LogP contribution in [0.4, 0.5) is 5.00 Å². The summed E-state index contributed by atoms with van der Waals surface area (Å²) in [5.41, 5.74) is 7.16. The lowest BCUT2D eigenvalue weighted by Crippen LogP contribution is -2.09. The third kappa shape index (κ3) is 1.21. The molecule has 4 heteroatoms. The molecule has 1 aromatic heterocycles. The molecule has 1 aliphatic rings. The maximum Gasteiger partial charge on any atom is 0.127 e. The molecule has 2 N–H and O–H groups in total. The first-order chi connectivity index (χ1) is 6.77. The summed E-state index contributed by atoms with van der Waals surface area (Å²) >= 11 is 1.46. The van der Waals surface area contributed by atoms with Crippen LogP contribution in [0, 0.1) is 11.3 Å². The van der Waals surface area contributed by atoms with Crippen LogP contribution in [0.15, 0.2) is 0 Å². The van der Waals surface area contributed by atoms with Crippen LogP contribution in [0.25, 0.3) is 0 Å². The van der Waals surface area contributed by atoms with Crippen LogP contribution in [0.3, 0.4) is 0 Å². The minimum Gasteiger partial charge on any atom is -0.389 e. The lowest BCUT2D eigenvalue weighted by atomic mass is 9.86. The molecule has 1 aliphatic carbocycles. The van der Waals surface area contributed by atoms with Gasteiger partial charge in [-0.15, -0.1) is 11.3 Å². The first kappa shape index (κ1) is 9.22. The Kier molecular flexibility index (Phi) is 2.26. The number of hydrogen-bond donors (Lipinski definition) is 1. The summed E-state index contributed by atoms with van der Waals surface area (Å²) in [6.45, 7) is 0. The maximum absolute atomic E-state index is 10.9. The number of nitrogen functional groups attached to an aromatic ring is 1. The smallest absolute Gasteiger partial charge is 0.127 e. The van der Waals surface area contributed by atoms with Crippen LogP contribution in [0.1, 0.15) is 34.8 Å². The number of carbonyl (C=O) groups is 1. The molecule has 1 atom stereocenters. The monoisotopic (exact) mass is 206 g/mol. The van der Waals surface area contributed by atoms with Crippen LogP contribution in [0.5, 0.6) is 0 Å². The predicted octanol–water partition coefficient (Wildman–Crippen LogP) is 1.82. The predicted molar refractivity (Wildman–Crippen MR) is 55.2 cm³/mol. The molecule has 0 amide bonds. The summed E-state index contributed by atoms with van der Waals surface area (Å²) in [7, 11) is 0. The average Bonchev–Trinajstić information content (AvgIpc) is 2.52. The average molecular weight is 206 g/mol. The van der Waals surface area contributed by atoms with E-state index in [-0.39, 0.29) is 5.92 Å². The Balaban J connectivity index is 2.60. The summed E-state index contributed by atoms with van der Waals surface area (Å²) in [6, 6.07) is 2.09. The van der Waals surface area contributed by atoms with Crippen LogP contribution >= 0.6 is 11.3 Å². The number of fused-ring (bicyclic) bond motifs is 1. The summed E-state index contributed by atoms with van der Waals surface area (Å²) in [4.78, 5) is 12.0. The highest BCUT2D eigenvalue weighted by atomic mass is 32.1. The Hall–Kier alpha value is -1.34. The number of rotatable bonds is 1. The van der Waals surface area contributed by atoms with Crippen molar-refractivity contribution in [1.82, 2.24) is 0 Å². The van der Waals surface area contributed by atoms with Gasteiger partial charge in [0.2, 0.25) is 0 Å². The van der Waals surface area contributed by atoms with Crippen molar-refractivity contribution in [3.05, 3.63) is 16.0 Å². The lowest BCUT2D eigenvalue weighted by Gasteiger charge is -2.17. The molecule has 3 nitrogen and oxygen atoms in total. The van der Waals surface area contributed by atoms with Crippen molar-refractivity contribution in [3.8, 4) is 6.07 Å². The van der Waals surface area contributed by atoms with Gasteiger partial charge in [0.25, 0.3) is 0 Å². The third-order valence-corrected chi connectivity index (χ3v) is 3.71. The second-order valence-corrected chi connectivity index (χ2v) is 4.56. The standard InChI is InChI=1S/C10H10N2OS/c11-4-7-9-6(5-13)2-1-3-8(9)14-10(7)12/h5-6H,1-3,12H2. The van der Waals surface area contributed by atoms with Gasteiger partial charge < -0.3 is 10.5 Å². The van der Waals surface area contributed by atoms with Crippen LogP contribution in [0.2, 0.25) is 0 Å². The van der Waals surface area contributed by atoms with E-state index < -0.39 is 0 Å². The zero-order valence-electron chi connectivity index (χ0n) is 7.62. The topological polar surface area (TPSA) is 66.9 Å². The number of nitriles is 1. The van der Waals surface area contributed by atoms with E-state index >= 15 is 0 Å². The molecule has 1 heterocycles. The van der Waals surface area contributed by atoms with Gasteiger partial charge in [0.05, 0.1) is 5.56 Å². The number of nitrogens with two attached hydrogens (primary N) is 1. The van der Waals surface area contributed by atoms with E-state index in [9.17, 15) is 4.79 Å². The molecule has 0 aliphatic heterocycles. The van der Waals surface area contributed by atoms with Crippen molar-refractivity contribution in [2.75, 3.05) is 5.73 Å². The number of nitrogens with zero attached hydrogens (tertiary/aromatic N) is 1. The molecule has 0 radical (unpaired) electrons. The highest BCUT2D eigenvalue weighted by molar-refractivity contribution is 7.16. The Labute approximate surface area is 86.1 Å². The van der Waals surface area contributed by atoms with Crippen molar-refractivity contribution in [2.24, 2.45) is 0 Å². The van der Waals surface area contributed by atoms with Gasteiger partial charge in [-0.3, -0.25) is 0 Å². The number of hydrogen-bond acceptors (Lipinski definition) is 4. The zero-order chi connectivity index (χ0) is 10.1. The Morgan fingerprint density at radius 2 is 2.43 bits per heavy atom. The first-order valence-electron chi connectivity index (χ1n) is 4.54. The van der Waals surface area contributed by atoms with Gasteiger partial charge in [0.1, 0.15) is 17.4 Å². The molecule has 1 aromatic rings. The van der Waals surface area contributed by atoms with E-state index in [2.05, 4.69) is 6.07 Å². The lowest BCUT2D eigenvalue weighted by molar-refractivity contribution is -0.109. The molecule has 0 bridgehead atoms. The summed E-state index contributed by atoms with van der Waals surface area (Å²) in [5.74, 6) is -0.109. The van der Waals surface area contributed by atoms with Crippen molar-refractivity contribution in [3.63, 3.8) is 0 Å². The zero-order valence-corrected chi connectivity index (χ0v) is 8.43. The molecular weight excluding hydrogens is 196 g/mol. The van der Waals surface area contributed by atoms with Crippen molar-refractivity contribution < 1.29 is 4.79 Å². The van der Waals surface area contributed by atoms with E-state index in [1.165, 1.54) is 11.3 Å². The third-order valence-electron chi connectivity index (χ3n) is 2.62. The number of carbonyl (C=O) groups excluding carboxylic acids is 1. The fourth-order valence-corrected chi connectivity index (χ4v) is 3.10. The van der Waals surface area contributed by atoms with Crippen molar-refractivity contribution in [1.29, 1.82) is 5.26 Å². The molecule has 0 aromatic carbocycles. The largest absolute Gasteiger partial charge is 0.389 e. The van der Waals surface area contributed by atoms with Gasteiger partial charge in [-0.1, -0.05) is 0 Å². The van der Waals surface area contributed by atoms with E-state index in [0.717, 1.165) is 36.0 Å². The highest BCUT2D eigenvalue weighted by Gasteiger charge is 2.26. The maximum atomic E-state index is 10.9. The Bertz CT molecular complexity index is 416. The van der Waals surface area contributed by atoms with Crippen LogP contribution < -0.4 is 5.73 Å². The van der Waals surface area contributed by atoms with Gasteiger partial charge in [-0.2, -0.15) is 5.26 Å². The van der Waals surface area contributed by atoms with Crippen molar-refractivity contribution >= 4 is 22.6 Å². The van der Waals surface area contributed by atoms with E-state index in [4.69, 9.17) is 11.0 Å². The normalized spacial score (nSPS) is 19.8. The summed E-state index contributed by atoms with van der Waals surface area (Å²) in [6.07, 6.45) is 3.75. The molecule has 0 spiro atoms. The molecule has 0 saturated carbocycles. The minimum atomic E-state index is -0.109. The second-order valence-electron chi connectivity index (χ2n) is 3.42. The summed E-state index contributed by atoms with van der Waals surface area (Å²) in [5, 5.41) is 9.50.